The molecule has 6 nitrogen and oxygen atoms in total. The number of benzene rings is 2. The van der Waals surface area contributed by atoms with Gasteiger partial charge in [-0.1, -0.05) is 18.2 Å². The molecule has 1 N–H and O–H groups in total. The van der Waals surface area contributed by atoms with Gasteiger partial charge in [-0.3, -0.25) is 4.99 Å². The molecule has 158 valence electrons. The van der Waals surface area contributed by atoms with Crippen molar-refractivity contribution in [2.45, 2.75) is 19.8 Å². The first-order valence-electron chi connectivity index (χ1n) is 9.78. The highest BCUT2D eigenvalue weighted by Gasteiger charge is 2.09. The van der Waals surface area contributed by atoms with E-state index in [4.69, 9.17) is 14.2 Å². The Morgan fingerprint density at radius 3 is 2.17 bits per heavy atom. The summed E-state index contributed by atoms with van der Waals surface area (Å²) in [6.07, 6.45) is 1.78. The van der Waals surface area contributed by atoms with Crippen LogP contribution >= 0.6 is 0 Å². The first kappa shape index (κ1) is 22.4. The lowest BCUT2D eigenvalue weighted by Crippen LogP contribution is -2.40. The van der Waals surface area contributed by atoms with Gasteiger partial charge in [-0.15, -0.1) is 0 Å². The van der Waals surface area contributed by atoms with E-state index in [1.54, 1.807) is 21.3 Å². The molecule has 0 aliphatic carbocycles. The zero-order chi connectivity index (χ0) is 21.2. The Morgan fingerprint density at radius 1 is 0.897 bits per heavy atom. The molecule has 0 amide bonds. The van der Waals surface area contributed by atoms with Crippen molar-refractivity contribution in [2.75, 3.05) is 48.5 Å². The Morgan fingerprint density at radius 2 is 1.52 bits per heavy atom. The van der Waals surface area contributed by atoms with Gasteiger partial charge in [0.1, 0.15) is 5.75 Å². The molecule has 0 spiro atoms. The van der Waals surface area contributed by atoms with Gasteiger partial charge in [0.15, 0.2) is 17.5 Å². The summed E-state index contributed by atoms with van der Waals surface area (Å²) in [6, 6.07) is 12.4. The number of nitrogens with zero attached hydrogens (tertiary/aromatic N) is 2. The second-order valence-electron chi connectivity index (χ2n) is 6.89. The highest BCUT2D eigenvalue weighted by atomic mass is 16.5. The third-order valence-electron chi connectivity index (χ3n) is 4.93. The summed E-state index contributed by atoms with van der Waals surface area (Å²) in [4.78, 5) is 6.53. The molecule has 2 aromatic carbocycles. The smallest absolute Gasteiger partial charge is 0.193 e. The Bertz CT molecular complexity index is 821. The van der Waals surface area contributed by atoms with Crippen molar-refractivity contribution in [3.63, 3.8) is 0 Å². The summed E-state index contributed by atoms with van der Waals surface area (Å²) in [5.41, 5.74) is 3.58. The number of hydrogen-bond acceptors (Lipinski definition) is 4. The number of hydrogen-bond donors (Lipinski definition) is 1. The van der Waals surface area contributed by atoms with E-state index in [1.807, 2.05) is 26.2 Å². The maximum Gasteiger partial charge on any atom is 0.193 e. The minimum absolute atomic E-state index is 0.745. The van der Waals surface area contributed by atoms with Crippen LogP contribution in [0.2, 0.25) is 0 Å². The lowest BCUT2D eigenvalue weighted by Gasteiger charge is -2.22. The fourth-order valence-electron chi connectivity index (χ4n) is 3.16. The molecular weight excluding hydrogens is 366 g/mol. The van der Waals surface area contributed by atoms with E-state index < -0.39 is 0 Å². The second kappa shape index (κ2) is 11.2. The quantitative estimate of drug-likeness (QED) is 0.518. The monoisotopic (exact) mass is 399 g/mol. The van der Waals surface area contributed by atoms with Gasteiger partial charge in [0, 0.05) is 27.2 Å². The largest absolute Gasteiger partial charge is 0.496 e. The first-order chi connectivity index (χ1) is 14.0. The molecule has 29 heavy (non-hydrogen) atoms. The molecule has 0 atom stereocenters. The topological polar surface area (TPSA) is 55.3 Å². The number of rotatable bonds is 9. The molecule has 0 saturated carbocycles. The highest BCUT2D eigenvalue weighted by Crippen LogP contribution is 2.27. The van der Waals surface area contributed by atoms with Crippen molar-refractivity contribution in [1.29, 1.82) is 0 Å². The van der Waals surface area contributed by atoms with Gasteiger partial charge in [-0.25, -0.2) is 0 Å². The molecule has 0 radical (unpaired) electrons. The fourth-order valence-corrected chi connectivity index (χ4v) is 3.16. The van der Waals surface area contributed by atoms with E-state index >= 15 is 0 Å². The van der Waals surface area contributed by atoms with Crippen LogP contribution in [0.15, 0.2) is 41.4 Å². The molecule has 0 unspecified atom stereocenters. The van der Waals surface area contributed by atoms with Crippen LogP contribution in [0.1, 0.15) is 16.7 Å². The summed E-state index contributed by atoms with van der Waals surface area (Å²) in [7, 11) is 8.87. The molecule has 0 saturated heterocycles. The number of methoxy groups -OCH3 is 3. The van der Waals surface area contributed by atoms with Gasteiger partial charge in [-0.05, 0) is 54.7 Å². The summed E-state index contributed by atoms with van der Waals surface area (Å²) < 4.78 is 16.1. The summed E-state index contributed by atoms with van der Waals surface area (Å²) >= 11 is 0. The van der Waals surface area contributed by atoms with Crippen molar-refractivity contribution in [3.8, 4) is 17.2 Å². The maximum absolute atomic E-state index is 5.41. The van der Waals surface area contributed by atoms with Gasteiger partial charge in [0.05, 0.1) is 21.3 Å². The maximum atomic E-state index is 5.41. The summed E-state index contributed by atoms with van der Waals surface area (Å²) in [5, 5.41) is 3.44. The van der Waals surface area contributed by atoms with Gasteiger partial charge >= 0.3 is 0 Å². The van der Waals surface area contributed by atoms with Gasteiger partial charge < -0.3 is 24.4 Å². The zero-order valence-electron chi connectivity index (χ0n) is 18.4. The molecule has 6 heteroatoms. The van der Waals surface area contributed by atoms with Crippen LogP contribution in [-0.2, 0) is 12.8 Å². The fraction of sp³-hybridized carbons (Fsp3) is 0.435. The van der Waals surface area contributed by atoms with Crippen LogP contribution in [0.3, 0.4) is 0 Å². The van der Waals surface area contributed by atoms with E-state index in [1.165, 1.54) is 11.1 Å². The predicted octanol–water partition coefficient (Wildman–Crippen LogP) is 3.31. The van der Waals surface area contributed by atoms with E-state index in [2.05, 4.69) is 46.4 Å². The normalized spacial score (nSPS) is 11.2. The van der Waals surface area contributed by atoms with Crippen LogP contribution in [0.25, 0.3) is 0 Å². The Kier molecular flexibility index (Phi) is 8.65. The van der Waals surface area contributed by atoms with Gasteiger partial charge in [0.25, 0.3) is 0 Å². The summed E-state index contributed by atoms with van der Waals surface area (Å²) in [6.45, 7) is 3.70. The lowest BCUT2D eigenvalue weighted by molar-refractivity contribution is 0.354. The van der Waals surface area contributed by atoms with Crippen LogP contribution in [0.5, 0.6) is 17.2 Å². The molecule has 0 fully saturated rings. The highest BCUT2D eigenvalue weighted by molar-refractivity contribution is 5.79. The minimum atomic E-state index is 0.745. The molecule has 0 aromatic heterocycles. The number of aryl methyl sites for hydroxylation is 1. The predicted molar refractivity (Wildman–Crippen MR) is 119 cm³/mol. The van der Waals surface area contributed by atoms with E-state index in [0.29, 0.717) is 0 Å². The second-order valence-corrected chi connectivity index (χ2v) is 6.89. The third-order valence-corrected chi connectivity index (χ3v) is 4.93. The van der Waals surface area contributed by atoms with Crippen LogP contribution in [0, 0.1) is 6.92 Å². The van der Waals surface area contributed by atoms with E-state index in [0.717, 1.165) is 54.7 Å². The molecule has 0 aliphatic rings. The Balaban J connectivity index is 1.86. The van der Waals surface area contributed by atoms with Crippen molar-refractivity contribution < 1.29 is 14.2 Å². The van der Waals surface area contributed by atoms with Gasteiger partial charge in [0.2, 0.25) is 0 Å². The van der Waals surface area contributed by atoms with Crippen molar-refractivity contribution >= 4 is 5.96 Å². The number of nitrogens with one attached hydrogen (secondary N) is 1. The van der Waals surface area contributed by atoms with Crippen LogP contribution in [0.4, 0.5) is 0 Å². The molecule has 2 aromatic rings. The molecular formula is C23H33N3O3. The number of aliphatic imine (C=N–C) groups is 1. The van der Waals surface area contributed by atoms with Crippen LogP contribution < -0.4 is 19.5 Å². The van der Waals surface area contributed by atoms with E-state index in [-0.39, 0.29) is 0 Å². The third kappa shape index (κ3) is 6.31. The number of likely N-dealkylation sites (N-methyl/N-ethyl adjacent to an activating group) is 1. The van der Waals surface area contributed by atoms with Crippen molar-refractivity contribution in [2.24, 2.45) is 4.99 Å². The summed E-state index contributed by atoms with van der Waals surface area (Å²) in [5.74, 6) is 3.31. The number of ether oxygens (including phenoxy) is 3. The average Bonchev–Trinajstić information content (AvgIpc) is 2.75. The SMILES string of the molecule is CN=C(NCCc1ccc(C)c(OC)c1)N(C)CCc1ccc(OC)c(OC)c1. The molecule has 2 rings (SSSR count). The van der Waals surface area contributed by atoms with E-state index in [9.17, 15) is 0 Å². The minimum Gasteiger partial charge on any atom is -0.496 e. The number of guanidine groups is 1. The standard InChI is InChI=1S/C23H33N3O3/c1-17-7-8-18(15-21(17)28-5)11-13-25-23(24-2)26(3)14-12-19-9-10-20(27-4)22(16-19)29-6/h7-10,15-16H,11-14H2,1-6H3,(H,24,25). The van der Waals surface area contributed by atoms with Crippen molar-refractivity contribution in [1.82, 2.24) is 10.2 Å². The van der Waals surface area contributed by atoms with Gasteiger partial charge in [-0.2, -0.15) is 0 Å². The molecule has 0 aliphatic heterocycles. The molecule has 0 bridgehead atoms. The lowest BCUT2D eigenvalue weighted by atomic mass is 10.1. The van der Waals surface area contributed by atoms with Crippen LogP contribution in [-0.4, -0.2) is 59.4 Å². The zero-order valence-corrected chi connectivity index (χ0v) is 18.4. The molecule has 0 heterocycles. The Hall–Kier alpha value is -2.89. The van der Waals surface area contributed by atoms with Crippen molar-refractivity contribution in [3.05, 3.63) is 53.1 Å². The first-order valence-corrected chi connectivity index (χ1v) is 9.78. The Labute approximate surface area is 174 Å². The average molecular weight is 400 g/mol.